The molecule has 2 nitrogen and oxygen atoms in total. The summed E-state index contributed by atoms with van der Waals surface area (Å²) in [4.78, 5) is 0. The average Bonchev–Trinajstić information content (AvgIpc) is 2.46. The molecule has 0 aliphatic rings. The molecule has 0 aliphatic heterocycles. The zero-order valence-corrected chi connectivity index (χ0v) is 11.5. The van der Waals surface area contributed by atoms with Crippen LogP contribution in [0.3, 0.4) is 0 Å². The zero-order chi connectivity index (χ0) is 15.3. The van der Waals surface area contributed by atoms with Crippen LogP contribution in [0.25, 0.3) is 0 Å². The number of benzene rings is 2. The van der Waals surface area contributed by atoms with Crippen molar-refractivity contribution in [2.24, 2.45) is 0 Å². The van der Waals surface area contributed by atoms with Crippen LogP contribution < -0.4 is 10.1 Å². The van der Waals surface area contributed by atoms with E-state index in [1.807, 2.05) is 37.3 Å². The van der Waals surface area contributed by atoms with Gasteiger partial charge in [-0.1, -0.05) is 37.3 Å². The summed E-state index contributed by atoms with van der Waals surface area (Å²) in [6.45, 7) is 2.05. The number of alkyl halides is 3. The van der Waals surface area contributed by atoms with E-state index < -0.39 is 6.36 Å². The van der Waals surface area contributed by atoms with Crippen LogP contribution in [-0.2, 0) is 0 Å². The van der Waals surface area contributed by atoms with Gasteiger partial charge in [0.15, 0.2) is 0 Å². The molecule has 0 spiro atoms. The van der Waals surface area contributed by atoms with Gasteiger partial charge in [0.05, 0.1) is 6.04 Å². The maximum absolute atomic E-state index is 12.1. The van der Waals surface area contributed by atoms with Gasteiger partial charge in [0, 0.05) is 5.69 Å². The SMILES string of the molecule is CCC(Nc1ccc(OC(F)(F)F)cc1)c1ccccc1. The molecular weight excluding hydrogens is 279 g/mol. The molecule has 2 aromatic carbocycles. The van der Waals surface area contributed by atoms with E-state index >= 15 is 0 Å². The summed E-state index contributed by atoms with van der Waals surface area (Å²) in [6, 6.07) is 15.8. The van der Waals surface area contributed by atoms with E-state index in [0.717, 1.165) is 17.7 Å². The third-order valence-corrected chi connectivity index (χ3v) is 3.04. The number of nitrogens with one attached hydrogen (secondary N) is 1. The third kappa shape index (κ3) is 4.70. The lowest BCUT2D eigenvalue weighted by Crippen LogP contribution is -2.17. The summed E-state index contributed by atoms with van der Waals surface area (Å²) in [6.07, 6.45) is -3.80. The summed E-state index contributed by atoms with van der Waals surface area (Å²) in [7, 11) is 0. The van der Waals surface area contributed by atoms with Crippen molar-refractivity contribution in [1.82, 2.24) is 0 Å². The molecule has 0 fully saturated rings. The predicted molar refractivity (Wildman–Crippen MR) is 76.2 cm³/mol. The Morgan fingerprint density at radius 1 is 1.00 bits per heavy atom. The highest BCUT2D eigenvalue weighted by Gasteiger charge is 2.30. The fourth-order valence-electron chi connectivity index (χ4n) is 2.06. The lowest BCUT2D eigenvalue weighted by molar-refractivity contribution is -0.274. The molecule has 0 bridgehead atoms. The number of hydrogen-bond acceptors (Lipinski definition) is 2. The molecule has 5 heteroatoms. The molecule has 0 radical (unpaired) electrons. The first-order chi connectivity index (χ1) is 9.98. The second-order valence-corrected chi connectivity index (χ2v) is 4.59. The van der Waals surface area contributed by atoms with Crippen LogP contribution in [0.4, 0.5) is 18.9 Å². The largest absolute Gasteiger partial charge is 0.573 e. The van der Waals surface area contributed by atoms with E-state index in [2.05, 4.69) is 10.1 Å². The first-order valence-corrected chi connectivity index (χ1v) is 6.65. The van der Waals surface area contributed by atoms with Crippen molar-refractivity contribution < 1.29 is 17.9 Å². The van der Waals surface area contributed by atoms with Crippen LogP contribution in [0.2, 0.25) is 0 Å². The molecule has 1 N–H and O–H groups in total. The summed E-state index contributed by atoms with van der Waals surface area (Å²) in [5.74, 6) is -0.221. The molecule has 21 heavy (non-hydrogen) atoms. The van der Waals surface area contributed by atoms with Crippen LogP contribution in [0, 0.1) is 0 Å². The second kappa shape index (κ2) is 6.52. The molecule has 1 atom stereocenters. The molecule has 0 amide bonds. The Hall–Kier alpha value is -2.17. The molecule has 0 aromatic heterocycles. The summed E-state index contributed by atoms with van der Waals surface area (Å²) >= 11 is 0. The lowest BCUT2D eigenvalue weighted by atomic mass is 10.0. The third-order valence-electron chi connectivity index (χ3n) is 3.04. The molecule has 2 rings (SSSR count). The number of ether oxygens (including phenoxy) is 1. The van der Waals surface area contributed by atoms with Gasteiger partial charge in [-0.15, -0.1) is 13.2 Å². The van der Waals surface area contributed by atoms with E-state index in [4.69, 9.17) is 0 Å². The van der Waals surface area contributed by atoms with Gasteiger partial charge < -0.3 is 10.1 Å². The smallest absolute Gasteiger partial charge is 0.406 e. The van der Waals surface area contributed by atoms with Crippen molar-refractivity contribution in [3.05, 3.63) is 60.2 Å². The van der Waals surface area contributed by atoms with Gasteiger partial charge in [0.2, 0.25) is 0 Å². The van der Waals surface area contributed by atoms with Gasteiger partial charge in [0.25, 0.3) is 0 Å². The van der Waals surface area contributed by atoms with Crippen LogP contribution in [-0.4, -0.2) is 6.36 Å². The molecule has 0 aliphatic carbocycles. The topological polar surface area (TPSA) is 21.3 Å². The number of halogens is 3. The van der Waals surface area contributed by atoms with Crippen molar-refractivity contribution in [3.63, 3.8) is 0 Å². The van der Waals surface area contributed by atoms with Crippen molar-refractivity contribution in [3.8, 4) is 5.75 Å². The molecular formula is C16H16F3NO. The monoisotopic (exact) mass is 295 g/mol. The van der Waals surface area contributed by atoms with Gasteiger partial charge in [-0.05, 0) is 36.2 Å². The van der Waals surface area contributed by atoms with Crippen molar-refractivity contribution in [2.45, 2.75) is 25.7 Å². The molecule has 1 unspecified atom stereocenters. The van der Waals surface area contributed by atoms with Crippen molar-refractivity contribution in [1.29, 1.82) is 0 Å². The Bertz CT molecular complexity index is 552. The Morgan fingerprint density at radius 3 is 2.14 bits per heavy atom. The van der Waals surface area contributed by atoms with E-state index in [1.54, 1.807) is 12.1 Å². The maximum atomic E-state index is 12.1. The first-order valence-electron chi connectivity index (χ1n) is 6.65. The normalized spacial score (nSPS) is 12.8. The number of rotatable bonds is 5. The molecule has 2 aromatic rings. The standard InChI is InChI=1S/C16H16F3NO/c1-2-15(12-6-4-3-5-7-12)20-13-8-10-14(11-9-13)21-16(17,18)19/h3-11,15,20H,2H2,1H3. The highest BCUT2D eigenvalue weighted by molar-refractivity contribution is 5.48. The van der Waals surface area contributed by atoms with Gasteiger partial charge in [0.1, 0.15) is 5.75 Å². The minimum absolute atomic E-state index is 0.112. The minimum atomic E-state index is -4.66. The van der Waals surface area contributed by atoms with Crippen LogP contribution in [0.1, 0.15) is 24.9 Å². The Labute approximate surface area is 121 Å². The van der Waals surface area contributed by atoms with Crippen molar-refractivity contribution in [2.75, 3.05) is 5.32 Å². The molecule has 0 saturated heterocycles. The van der Waals surface area contributed by atoms with Crippen LogP contribution in [0.5, 0.6) is 5.75 Å². The van der Waals surface area contributed by atoms with Crippen LogP contribution in [0.15, 0.2) is 54.6 Å². The fourth-order valence-corrected chi connectivity index (χ4v) is 2.06. The second-order valence-electron chi connectivity index (χ2n) is 4.59. The van der Waals surface area contributed by atoms with Gasteiger partial charge >= 0.3 is 6.36 Å². The molecule has 0 heterocycles. The van der Waals surface area contributed by atoms with E-state index in [0.29, 0.717) is 0 Å². The Balaban J connectivity index is 2.05. The first kappa shape index (κ1) is 15.2. The van der Waals surface area contributed by atoms with E-state index in [9.17, 15) is 13.2 Å². The maximum Gasteiger partial charge on any atom is 0.573 e. The highest BCUT2D eigenvalue weighted by Crippen LogP contribution is 2.26. The summed E-state index contributed by atoms with van der Waals surface area (Å²) < 4.78 is 40.1. The molecule has 0 saturated carbocycles. The summed E-state index contributed by atoms with van der Waals surface area (Å²) in [5.41, 5.74) is 1.89. The van der Waals surface area contributed by atoms with Gasteiger partial charge in [-0.25, -0.2) is 0 Å². The quantitative estimate of drug-likeness (QED) is 0.823. The van der Waals surface area contributed by atoms with Crippen LogP contribution >= 0.6 is 0 Å². The Morgan fingerprint density at radius 2 is 1.62 bits per heavy atom. The average molecular weight is 295 g/mol. The fraction of sp³-hybridized carbons (Fsp3) is 0.250. The lowest BCUT2D eigenvalue weighted by Gasteiger charge is -2.19. The highest BCUT2D eigenvalue weighted by atomic mass is 19.4. The van der Waals surface area contributed by atoms with E-state index in [1.165, 1.54) is 12.1 Å². The van der Waals surface area contributed by atoms with Gasteiger partial charge in [-0.3, -0.25) is 0 Å². The summed E-state index contributed by atoms with van der Waals surface area (Å²) in [5, 5.41) is 3.30. The van der Waals surface area contributed by atoms with Crippen molar-refractivity contribution >= 4 is 5.69 Å². The Kier molecular flexibility index (Phi) is 4.73. The van der Waals surface area contributed by atoms with E-state index in [-0.39, 0.29) is 11.8 Å². The minimum Gasteiger partial charge on any atom is -0.406 e. The van der Waals surface area contributed by atoms with Gasteiger partial charge in [-0.2, -0.15) is 0 Å². The zero-order valence-electron chi connectivity index (χ0n) is 11.5. The molecule has 112 valence electrons. The predicted octanol–water partition coefficient (Wildman–Crippen LogP) is 5.15. The number of hydrogen-bond donors (Lipinski definition) is 1. The number of anilines is 1.